The second-order valence-electron chi connectivity index (χ2n) is 5.55. The van der Waals surface area contributed by atoms with Crippen LogP contribution in [-0.2, 0) is 9.53 Å². The number of ether oxygens (including phenoxy) is 1. The van der Waals surface area contributed by atoms with Crippen LogP contribution in [0, 0.1) is 12.7 Å². The molecule has 0 aliphatic heterocycles. The third-order valence-electron chi connectivity index (χ3n) is 3.70. The number of esters is 1. The van der Waals surface area contributed by atoms with Crippen molar-refractivity contribution in [3.8, 4) is 0 Å². The first-order valence-corrected chi connectivity index (χ1v) is 7.59. The Labute approximate surface area is 151 Å². The summed E-state index contributed by atoms with van der Waals surface area (Å²) in [5, 5.41) is 3.64. The van der Waals surface area contributed by atoms with Crippen LogP contribution in [0.15, 0.2) is 42.6 Å². The number of pyridine rings is 1. The summed E-state index contributed by atoms with van der Waals surface area (Å²) in [6.45, 7) is 1.50. The van der Waals surface area contributed by atoms with Crippen LogP contribution in [0.2, 0.25) is 0 Å². The number of nitrogens with one attached hydrogen (secondary N) is 3. The van der Waals surface area contributed by atoms with Crippen LogP contribution in [0.3, 0.4) is 0 Å². The molecule has 0 bridgehead atoms. The first-order valence-electron chi connectivity index (χ1n) is 7.59. The molecule has 144 valence electrons. The standard InChI is InChI=1S/C17H15F4N3O3/c1-10-4-3-9-22-13(10)23-16(15(26)27-2,17(19,20)21)24-14(25)11-5-7-12(18)8-6-11/h3-9H,1-2H3,(H,22,23)(H,24,25)/p+1/t16-/m1/s1. The lowest BCUT2D eigenvalue weighted by Gasteiger charge is -2.30. The maximum atomic E-state index is 13.9. The van der Waals surface area contributed by atoms with E-state index >= 15 is 0 Å². The number of alkyl halides is 3. The molecule has 0 saturated heterocycles. The molecule has 0 fully saturated rings. The van der Waals surface area contributed by atoms with E-state index in [4.69, 9.17) is 0 Å². The molecular formula is C17H16F4N3O3+. The molecule has 1 amide bonds. The van der Waals surface area contributed by atoms with E-state index in [0.717, 1.165) is 31.4 Å². The van der Waals surface area contributed by atoms with E-state index in [9.17, 15) is 27.2 Å². The zero-order valence-corrected chi connectivity index (χ0v) is 14.3. The van der Waals surface area contributed by atoms with Gasteiger partial charge in [0, 0.05) is 11.1 Å². The fraction of sp³-hybridized carbons (Fsp3) is 0.235. The van der Waals surface area contributed by atoms with Crippen molar-refractivity contribution in [1.29, 1.82) is 0 Å². The number of aromatic amines is 1. The second kappa shape index (κ2) is 7.60. The van der Waals surface area contributed by atoms with E-state index in [0.29, 0.717) is 5.56 Å². The Bertz CT molecular complexity index is 840. The van der Waals surface area contributed by atoms with Gasteiger partial charge in [-0.15, -0.1) is 0 Å². The van der Waals surface area contributed by atoms with Crippen molar-refractivity contribution in [3.05, 3.63) is 59.5 Å². The van der Waals surface area contributed by atoms with Gasteiger partial charge >= 0.3 is 17.8 Å². The normalized spacial score (nSPS) is 13.4. The predicted octanol–water partition coefficient (Wildman–Crippen LogP) is 2.22. The van der Waals surface area contributed by atoms with Crippen LogP contribution in [0.5, 0.6) is 0 Å². The number of hydrogen-bond donors (Lipinski definition) is 2. The lowest BCUT2D eigenvalue weighted by atomic mass is 10.1. The van der Waals surface area contributed by atoms with Gasteiger partial charge in [-0.1, -0.05) is 0 Å². The maximum absolute atomic E-state index is 13.9. The Morgan fingerprint density at radius 2 is 1.74 bits per heavy atom. The molecule has 0 aliphatic rings. The fourth-order valence-electron chi connectivity index (χ4n) is 2.23. The number of carbonyl (C=O) groups is 2. The molecule has 10 heteroatoms. The van der Waals surface area contributed by atoms with Gasteiger partial charge in [0.15, 0.2) is 0 Å². The summed E-state index contributed by atoms with van der Waals surface area (Å²) < 4.78 is 59.0. The van der Waals surface area contributed by atoms with Gasteiger partial charge in [-0.05, 0) is 43.3 Å². The van der Waals surface area contributed by atoms with Gasteiger partial charge in [0.25, 0.3) is 11.7 Å². The highest BCUT2D eigenvalue weighted by atomic mass is 19.4. The van der Waals surface area contributed by atoms with Gasteiger partial charge in [0.1, 0.15) is 5.82 Å². The van der Waals surface area contributed by atoms with Crippen molar-refractivity contribution in [2.45, 2.75) is 18.8 Å². The van der Waals surface area contributed by atoms with Crippen LogP contribution >= 0.6 is 0 Å². The topological polar surface area (TPSA) is 81.6 Å². The first kappa shape index (κ1) is 20.1. The molecule has 0 spiro atoms. The number of amides is 1. The molecule has 27 heavy (non-hydrogen) atoms. The molecule has 0 saturated carbocycles. The number of halogens is 4. The summed E-state index contributed by atoms with van der Waals surface area (Å²) >= 11 is 0. The first-order chi connectivity index (χ1) is 12.6. The highest BCUT2D eigenvalue weighted by Crippen LogP contribution is 2.33. The van der Waals surface area contributed by atoms with Crippen LogP contribution < -0.4 is 15.6 Å². The van der Waals surface area contributed by atoms with Crippen molar-refractivity contribution in [1.82, 2.24) is 5.32 Å². The lowest BCUT2D eigenvalue weighted by Crippen LogP contribution is -2.69. The number of carbonyl (C=O) groups excluding carboxylic acids is 2. The van der Waals surface area contributed by atoms with Gasteiger partial charge in [-0.25, -0.2) is 19.5 Å². The molecule has 1 heterocycles. The number of aromatic nitrogens is 1. The number of H-pyrrole nitrogens is 1. The molecule has 0 radical (unpaired) electrons. The van der Waals surface area contributed by atoms with E-state index in [2.05, 4.69) is 9.72 Å². The van der Waals surface area contributed by atoms with Gasteiger partial charge in [0.2, 0.25) is 0 Å². The maximum Gasteiger partial charge on any atom is 0.464 e. The Hall–Kier alpha value is -3.17. The molecule has 1 aromatic heterocycles. The van der Waals surface area contributed by atoms with Crippen molar-refractivity contribution in [2.24, 2.45) is 0 Å². The molecule has 0 aliphatic carbocycles. The van der Waals surface area contributed by atoms with Gasteiger partial charge in [0.05, 0.1) is 13.3 Å². The van der Waals surface area contributed by atoms with E-state index < -0.39 is 29.5 Å². The van der Waals surface area contributed by atoms with E-state index in [1.54, 1.807) is 11.4 Å². The average molecular weight is 386 g/mol. The van der Waals surface area contributed by atoms with Crippen molar-refractivity contribution in [2.75, 3.05) is 12.4 Å². The number of hydrogen-bond acceptors (Lipinski definition) is 4. The van der Waals surface area contributed by atoms with Crippen molar-refractivity contribution < 1.29 is 36.9 Å². The minimum atomic E-state index is -5.27. The molecule has 3 N–H and O–H groups in total. The van der Waals surface area contributed by atoms with Crippen LogP contribution in [0.1, 0.15) is 15.9 Å². The molecule has 2 aromatic rings. The third kappa shape index (κ3) is 4.15. The molecular weight excluding hydrogens is 370 g/mol. The Morgan fingerprint density at radius 3 is 2.26 bits per heavy atom. The molecule has 2 rings (SSSR count). The summed E-state index contributed by atoms with van der Waals surface area (Å²) in [6, 6.07) is 6.84. The Morgan fingerprint density at radius 1 is 1.11 bits per heavy atom. The predicted molar refractivity (Wildman–Crippen MR) is 86.0 cm³/mol. The van der Waals surface area contributed by atoms with E-state index in [1.807, 2.05) is 5.32 Å². The van der Waals surface area contributed by atoms with Gasteiger partial charge < -0.3 is 4.74 Å². The number of methoxy groups -OCH3 is 1. The van der Waals surface area contributed by atoms with Gasteiger partial charge in [-0.2, -0.15) is 13.2 Å². The van der Waals surface area contributed by atoms with Crippen molar-refractivity contribution in [3.63, 3.8) is 0 Å². The largest absolute Gasteiger partial charge is 0.464 e. The summed E-state index contributed by atoms with van der Waals surface area (Å²) in [4.78, 5) is 27.0. The SMILES string of the molecule is COC(=O)[C@](NC(=O)c1ccc(F)cc1)(Nc1[nH+]cccc1C)C(F)(F)F. The molecule has 1 atom stereocenters. The molecule has 1 aromatic carbocycles. The monoisotopic (exact) mass is 386 g/mol. The Balaban J connectivity index is 2.50. The van der Waals surface area contributed by atoms with Crippen LogP contribution in [0.25, 0.3) is 0 Å². The minimum absolute atomic E-state index is 0.153. The number of aryl methyl sites for hydroxylation is 1. The lowest BCUT2D eigenvalue weighted by molar-refractivity contribution is -0.363. The highest BCUT2D eigenvalue weighted by molar-refractivity contribution is 5.99. The van der Waals surface area contributed by atoms with Crippen LogP contribution in [-0.4, -0.2) is 30.8 Å². The number of benzene rings is 1. The number of anilines is 1. The van der Waals surface area contributed by atoms with Crippen molar-refractivity contribution >= 4 is 17.7 Å². The Kier molecular flexibility index (Phi) is 5.67. The minimum Gasteiger partial charge on any atom is -0.464 e. The average Bonchev–Trinajstić information content (AvgIpc) is 2.61. The van der Waals surface area contributed by atoms with E-state index in [-0.39, 0.29) is 11.4 Å². The van der Waals surface area contributed by atoms with Crippen LogP contribution in [0.4, 0.5) is 23.4 Å². The van der Waals surface area contributed by atoms with Gasteiger partial charge in [-0.3, -0.25) is 10.1 Å². The smallest absolute Gasteiger partial charge is 0.464 e. The molecule has 6 nitrogen and oxygen atoms in total. The highest BCUT2D eigenvalue weighted by Gasteiger charge is 2.67. The zero-order chi connectivity index (χ0) is 20.2. The summed E-state index contributed by atoms with van der Waals surface area (Å²) in [5.74, 6) is -3.85. The summed E-state index contributed by atoms with van der Waals surface area (Å²) in [5.41, 5.74) is -3.49. The number of rotatable bonds is 5. The third-order valence-corrected chi connectivity index (χ3v) is 3.70. The fourth-order valence-corrected chi connectivity index (χ4v) is 2.23. The molecule has 0 unspecified atom stereocenters. The zero-order valence-electron chi connectivity index (χ0n) is 14.3. The summed E-state index contributed by atoms with van der Waals surface area (Å²) in [6.07, 6.45) is -3.93. The quantitative estimate of drug-likeness (QED) is 0.469. The second-order valence-corrected chi connectivity index (χ2v) is 5.55. The van der Waals surface area contributed by atoms with E-state index in [1.165, 1.54) is 19.2 Å². The summed E-state index contributed by atoms with van der Waals surface area (Å²) in [7, 11) is 0.760.